The summed E-state index contributed by atoms with van der Waals surface area (Å²) in [4.78, 5) is 21.1. The third-order valence-corrected chi connectivity index (χ3v) is 3.27. The molecule has 20 heavy (non-hydrogen) atoms. The molecule has 0 fully saturated rings. The third-order valence-electron chi connectivity index (χ3n) is 3.27. The minimum atomic E-state index is 0.380. The maximum absolute atomic E-state index is 4.31. The van der Waals surface area contributed by atoms with Gasteiger partial charge in [0.25, 0.3) is 0 Å². The molecular weight excluding hydrogens is 252 g/mol. The van der Waals surface area contributed by atoms with Crippen molar-refractivity contribution in [2.75, 3.05) is 23.9 Å². The number of rotatable bonds is 4. The first-order chi connectivity index (χ1) is 9.49. The second kappa shape index (κ2) is 5.81. The predicted molar refractivity (Wildman–Crippen MR) is 80.4 cm³/mol. The van der Waals surface area contributed by atoms with E-state index in [1.807, 2.05) is 32.0 Å². The molecular formula is C14H20N6. The Morgan fingerprint density at radius 2 is 1.55 bits per heavy atom. The standard InChI is InChI=1S/C14H20N6/c1-10(2)19(4)13-6-14(18-9-17-13)20(5)12-7-15-11(3)16-8-12/h6-10H,1-5H3. The van der Waals surface area contributed by atoms with Gasteiger partial charge in [-0.05, 0) is 20.8 Å². The normalized spacial score (nSPS) is 10.7. The second-order valence-electron chi connectivity index (χ2n) is 4.99. The first kappa shape index (κ1) is 14.2. The Morgan fingerprint density at radius 1 is 0.950 bits per heavy atom. The highest BCUT2D eigenvalue weighted by Gasteiger charge is 2.11. The lowest BCUT2D eigenvalue weighted by Gasteiger charge is -2.24. The molecule has 2 rings (SSSR count). The zero-order valence-electron chi connectivity index (χ0n) is 12.6. The number of aromatic nitrogens is 4. The number of hydrogen-bond donors (Lipinski definition) is 0. The molecule has 106 valence electrons. The van der Waals surface area contributed by atoms with Crippen molar-refractivity contribution in [3.05, 3.63) is 30.6 Å². The zero-order chi connectivity index (χ0) is 14.7. The summed E-state index contributed by atoms with van der Waals surface area (Å²) in [5.74, 6) is 2.46. The van der Waals surface area contributed by atoms with E-state index >= 15 is 0 Å². The molecule has 0 atom stereocenters. The summed E-state index contributed by atoms with van der Waals surface area (Å²) in [7, 11) is 3.96. The fourth-order valence-corrected chi connectivity index (χ4v) is 1.67. The van der Waals surface area contributed by atoms with E-state index in [4.69, 9.17) is 0 Å². The van der Waals surface area contributed by atoms with Gasteiger partial charge in [0.2, 0.25) is 0 Å². The van der Waals surface area contributed by atoms with E-state index in [1.54, 1.807) is 18.7 Å². The highest BCUT2D eigenvalue weighted by atomic mass is 15.2. The van der Waals surface area contributed by atoms with Crippen molar-refractivity contribution in [2.24, 2.45) is 0 Å². The number of anilines is 3. The van der Waals surface area contributed by atoms with Gasteiger partial charge in [0.1, 0.15) is 23.8 Å². The van der Waals surface area contributed by atoms with Crippen molar-refractivity contribution in [2.45, 2.75) is 26.8 Å². The average Bonchev–Trinajstić information content (AvgIpc) is 2.46. The molecule has 0 aliphatic heterocycles. The molecule has 0 bridgehead atoms. The molecule has 0 unspecified atom stereocenters. The summed E-state index contributed by atoms with van der Waals surface area (Å²) >= 11 is 0. The van der Waals surface area contributed by atoms with Crippen LogP contribution in [0, 0.1) is 6.92 Å². The van der Waals surface area contributed by atoms with Crippen LogP contribution >= 0.6 is 0 Å². The molecule has 2 aromatic heterocycles. The Bertz CT molecular complexity index is 566. The fraction of sp³-hybridized carbons (Fsp3) is 0.429. The van der Waals surface area contributed by atoms with Gasteiger partial charge in [0.15, 0.2) is 0 Å². The Morgan fingerprint density at radius 3 is 2.15 bits per heavy atom. The fourth-order valence-electron chi connectivity index (χ4n) is 1.67. The van der Waals surface area contributed by atoms with Crippen LogP contribution in [0.2, 0.25) is 0 Å². The first-order valence-electron chi connectivity index (χ1n) is 6.56. The van der Waals surface area contributed by atoms with Gasteiger partial charge in [-0.2, -0.15) is 0 Å². The van der Waals surface area contributed by atoms with Crippen LogP contribution in [0.3, 0.4) is 0 Å². The highest BCUT2D eigenvalue weighted by Crippen LogP contribution is 2.23. The minimum Gasteiger partial charge on any atom is -0.357 e. The molecule has 0 saturated carbocycles. The summed E-state index contributed by atoms with van der Waals surface area (Å²) in [6, 6.07) is 2.34. The predicted octanol–water partition coefficient (Wildman–Crippen LogP) is 2.19. The van der Waals surface area contributed by atoms with Crippen LogP contribution in [-0.2, 0) is 0 Å². The van der Waals surface area contributed by atoms with Crippen molar-refractivity contribution in [1.82, 2.24) is 19.9 Å². The smallest absolute Gasteiger partial charge is 0.138 e. The number of aryl methyl sites for hydroxylation is 1. The summed E-state index contributed by atoms with van der Waals surface area (Å²) in [6.07, 6.45) is 5.15. The lowest BCUT2D eigenvalue weighted by atomic mass is 10.3. The molecule has 0 spiro atoms. The van der Waals surface area contributed by atoms with Crippen LogP contribution in [0.15, 0.2) is 24.8 Å². The molecule has 2 aromatic rings. The van der Waals surface area contributed by atoms with Gasteiger partial charge in [-0.1, -0.05) is 0 Å². The SMILES string of the molecule is Cc1ncc(N(C)c2cc(N(C)C(C)C)ncn2)cn1. The van der Waals surface area contributed by atoms with Gasteiger partial charge in [0, 0.05) is 26.2 Å². The molecule has 0 radical (unpaired) electrons. The Kier molecular flexibility index (Phi) is 4.12. The van der Waals surface area contributed by atoms with Gasteiger partial charge in [-0.25, -0.2) is 19.9 Å². The van der Waals surface area contributed by atoms with Crippen molar-refractivity contribution >= 4 is 17.3 Å². The van der Waals surface area contributed by atoms with Gasteiger partial charge >= 0.3 is 0 Å². The molecule has 0 aliphatic rings. The largest absolute Gasteiger partial charge is 0.357 e. The molecule has 0 N–H and O–H groups in total. The van der Waals surface area contributed by atoms with Crippen molar-refractivity contribution in [1.29, 1.82) is 0 Å². The Labute approximate surface area is 119 Å². The second-order valence-corrected chi connectivity index (χ2v) is 4.99. The molecule has 0 saturated heterocycles. The number of hydrogen-bond acceptors (Lipinski definition) is 6. The molecule has 6 nitrogen and oxygen atoms in total. The molecule has 2 heterocycles. The van der Waals surface area contributed by atoms with Gasteiger partial charge < -0.3 is 9.80 Å². The maximum Gasteiger partial charge on any atom is 0.138 e. The lowest BCUT2D eigenvalue weighted by Crippen LogP contribution is -2.27. The molecule has 0 amide bonds. The Balaban J connectivity index is 2.28. The van der Waals surface area contributed by atoms with Crippen molar-refractivity contribution in [3.8, 4) is 0 Å². The van der Waals surface area contributed by atoms with E-state index in [-0.39, 0.29) is 0 Å². The minimum absolute atomic E-state index is 0.380. The molecule has 0 aliphatic carbocycles. The monoisotopic (exact) mass is 272 g/mol. The lowest BCUT2D eigenvalue weighted by molar-refractivity contribution is 0.741. The van der Waals surface area contributed by atoms with Crippen LogP contribution in [-0.4, -0.2) is 40.1 Å². The maximum atomic E-state index is 4.31. The van der Waals surface area contributed by atoms with Crippen molar-refractivity contribution in [3.63, 3.8) is 0 Å². The van der Waals surface area contributed by atoms with Crippen molar-refractivity contribution < 1.29 is 0 Å². The van der Waals surface area contributed by atoms with E-state index in [2.05, 4.69) is 38.7 Å². The Hall–Kier alpha value is -2.24. The van der Waals surface area contributed by atoms with Crippen LogP contribution in [0.25, 0.3) is 0 Å². The average molecular weight is 272 g/mol. The topological polar surface area (TPSA) is 58.0 Å². The quantitative estimate of drug-likeness (QED) is 0.850. The van der Waals surface area contributed by atoms with Gasteiger partial charge in [0.05, 0.1) is 18.1 Å². The van der Waals surface area contributed by atoms with Crippen LogP contribution in [0.5, 0.6) is 0 Å². The van der Waals surface area contributed by atoms with E-state index in [1.165, 1.54) is 0 Å². The van der Waals surface area contributed by atoms with Crippen LogP contribution in [0.4, 0.5) is 17.3 Å². The van der Waals surface area contributed by atoms with E-state index < -0.39 is 0 Å². The van der Waals surface area contributed by atoms with Crippen LogP contribution < -0.4 is 9.80 Å². The zero-order valence-corrected chi connectivity index (χ0v) is 12.6. The van der Waals surface area contributed by atoms with E-state index in [0.717, 1.165) is 23.1 Å². The van der Waals surface area contributed by atoms with Gasteiger partial charge in [-0.3, -0.25) is 0 Å². The summed E-state index contributed by atoms with van der Waals surface area (Å²) < 4.78 is 0. The first-order valence-corrected chi connectivity index (χ1v) is 6.56. The molecule has 6 heteroatoms. The van der Waals surface area contributed by atoms with E-state index in [0.29, 0.717) is 6.04 Å². The summed E-state index contributed by atoms with van der Waals surface area (Å²) in [5.41, 5.74) is 0.896. The third kappa shape index (κ3) is 3.01. The summed E-state index contributed by atoms with van der Waals surface area (Å²) in [5, 5.41) is 0. The van der Waals surface area contributed by atoms with E-state index in [9.17, 15) is 0 Å². The number of nitrogens with zero attached hydrogens (tertiary/aromatic N) is 6. The highest BCUT2D eigenvalue weighted by molar-refractivity contribution is 5.60. The molecule has 0 aromatic carbocycles. The summed E-state index contributed by atoms with van der Waals surface area (Å²) in [6.45, 7) is 6.11. The van der Waals surface area contributed by atoms with Gasteiger partial charge in [-0.15, -0.1) is 0 Å². The van der Waals surface area contributed by atoms with Crippen LogP contribution in [0.1, 0.15) is 19.7 Å².